The molecule has 1 aromatic carbocycles. The van der Waals surface area contributed by atoms with Gasteiger partial charge in [-0.2, -0.15) is 0 Å². The fraction of sp³-hybridized carbons (Fsp3) is 0.571. The molecular formula is C14H24N2O. The highest BCUT2D eigenvalue weighted by molar-refractivity contribution is 5.50. The molecule has 0 amide bonds. The Morgan fingerprint density at radius 1 is 1.41 bits per heavy atom. The van der Waals surface area contributed by atoms with Gasteiger partial charge in [-0.1, -0.05) is 12.1 Å². The van der Waals surface area contributed by atoms with E-state index in [0.29, 0.717) is 6.54 Å². The van der Waals surface area contributed by atoms with Crippen LogP contribution in [0.15, 0.2) is 24.3 Å². The van der Waals surface area contributed by atoms with Crippen LogP contribution in [0.4, 0.5) is 5.69 Å². The summed E-state index contributed by atoms with van der Waals surface area (Å²) >= 11 is 0. The predicted octanol–water partition coefficient (Wildman–Crippen LogP) is 2.19. The maximum Gasteiger partial charge on any atom is 0.0514 e. The molecule has 0 aliphatic heterocycles. The fourth-order valence-electron chi connectivity index (χ4n) is 1.88. The van der Waals surface area contributed by atoms with Crippen molar-refractivity contribution in [3.8, 4) is 0 Å². The summed E-state index contributed by atoms with van der Waals surface area (Å²) in [6.45, 7) is 5.62. The van der Waals surface area contributed by atoms with Gasteiger partial charge in [0.05, 0.1) is 5.54 Å². The molecule has 1 atom stereocenters. The van der Waals surface area contributed by atoms with Crippen LogP contribution in [0.1, 0.15) is 18.9 Å². The van der Waals surface area contributed by atoms with Crippen LogP contribution < -0.4 is 10.6 Å². The Kier molecular flexibility index (Phi) is 4.97. The molecule has 2 N–H and O–H groups in total. The lowest BCUT2D eigenvalue weighted by molar-refractivity contribution is 0.172. The van der Waals surface area contributed by atoms with Gasteiger partial charge in [-0.05, 0) is 38.0 Å². The molecule has 3 nitrogen and oxygen atoms in total. The van der Waals surface area contributed by atoms with Gasteiger partial charge in [-0.3, -0.25) is 0 Å². The maximum absolute atomic E-state index is 5.93. The van der Waals surface area contributed by atoms with Crippen molar-refractivity contribution in [1.82, 2.24) is 0 Å². The zero-order valence-electron chi connectivity index (χ0n) is 11.4. The summed E-state index contributed by atoms with van der Waals surface area (Å²) in [4.78, 5) is 2.25. The van der Waals surface area contributed by atoms with Crippen LogP contribution in [0.25, 0.3) is 0 Å². The Bertz CT molecular complexity index is 354. The molecule has 0 bridgehead atoms. The number of likely N-dealkylation sites (N-methyl/N-ethyl adjacent to an activating group) is 1. The van der Waals surface area contributed by atoms with Crippen LogP contribution in [0.2, 0.25) is 0 Å². The van der Waals surface area contributed by atoms with E-state index in [9.17, 15) is 0 Å². The summed E-state index contributed by atoms with van der Waals surface area (Å²) in [5.41, 5.74) is 8.33. The van der Waals surface area contributed by atoms with Crippen LogP contribution in [0.3, 0.4) is 0 Å². The summed E-state index contributed by atoms with van der Waals surface area (Å²) in [5.74, 6) is 0. The molecule has 0 aliphatic rings. The minimum absolute atomic E-state index is 0.0657. The zero-order chi connectivity index (χ0) is 12.9. The quantitative estimate of drug-likeness (QED) is 0.823. The number of rotatable bonds is 6. The highest BCUT2D eigenvalue weighted by Gasteiger charge is 2.27. The van der Waals surface area contributed by atoms with Gasteiger partial charge in [0.25, 0.3) is 0 Å². The second-order valence-electron chi connectivity index (χ2n) is 4.84. The third kappa shape index (κ3) is 3.45. The smallest absolute Gasteiger partial charge is 0.0514 e. The zero-order valence-corrected chi connectivity index (χ0v) is 11.4. The summed E-state index contributed by atoms with van der Waals surface area (Å²) in [6.07, 6.45) is 0.921. The molecule has 0 spiro atoms. The Morgan fingerprint density at radius 2 is 2.12 bits per heavy atom. The lowest BCUT2D eigenvalue weighted by Gasteiger charge is -2.40. The number of benzene rings is 1. The first-order valence-corrected chi connectivity index (χ1v) is 6.03. The average Bonchev–Trinajstić information content (AvgIpc) is 2.35. The molecule has 0 aliphatic carbocycles. The van der Waals surface area contributed by atoms with E-state index in [1.54, 1.807) is 7.11 Å². The predicted molar refractivity (Wildman–Crippen MR) is 73.5 cm³/mol. The first-order chi connectivity index (χ1) is 8.03. The van der Waals surface area contributed by atoms with Crippen LogP contribution in [0.5, 0.6) is 0 Å². The first-order valence-electron chi connectivity index (χ1n) is 6.03. The first kappa shape index (κ1) is 14.0. The van der Waals surface area contributed by atoms with E-state index in [4.69, 9.17) is 10.5 Å². The van der Waals surface area contributed by atoms with E-state index in [2.05, 4.69) is 50.1 Å². The van der Waals surface area contributed by atoms with Gasteiger partial charge in [0.2, 0.25) is 0 Å². The van der Waals surface area contributed by atoms with Crippen LogP contribution in [-0.4, -0.2) is 32.8 Å². The van der Waals surface area contributed by atoms with Crippen molar-refractivity contribution >= 4 is 5.69 Å². The highest BCUT2D eigenvalue weighted by Crippen LogP contribution is 2.25. The number of ether oxygens (including phenoxy) is 1. The molecule has 1 rings (SSSR count). The molecule has 0 saturated carbocycles. The standard InChI is InChI=1S/C14H24N2O/c1-12-6-5-7-13(10-12)16(3)14(2,11-15)8-9-17-4/h5-7,10H,8-9,11,15H2,1-4H3. The Balaban J connectivity index is 2.88. The van der Waals surface area contributed by atoms with E-state index < -0.39 is 0 Å². The van der Waals surface area contributed by atoms with E-state index >= 15 is 0 Å². The summed E-state index contributed by atoms with van der Waals surface area (Å²) < 4.78 is 5.17. The number of nitrogens with zero attached hydrogens (tertiary/aromatic N) is 1. The molecule has 1 aromatic rings. The Labute approximate surface area is 105 Å². The molecule has 0 fully saturated rings. The minimum atomic E-state index is -0.0657. The fourth-order valence-corrected chi connectivity index (χ4v) is 1.88. The number of aryl methyl sites for hydroxylation is 1. The summed E-state index contributed by atoms with van der Waals surface area (Å²) in [5, 5.41) is 0. The number of anilines is 1. The molecule has 96 valence electrons. The maximum atomic E-state index is 5.93. The Hall–Kier alpha value is -1.06. The van der Waals surface area contributed by atoms with Crippen LogP contribution >= 0.6 is 0 Å². The third-order valence-electron chi connectivity index (χ3n) is 3.48. The normalized spacial score (nSPS) is 14.4. The number of hydrogen-bond donors (Lipinski definition) is 1. The topological polar surface area (TPSA) is 38.5 Å². The lowest BCUT2D eigenvalue weighted by Crippen LogP contribution is -2.50. The molecule has 0 aromatic heterocycles. The monoisotopic (exact) mass is 236 g/mol. The van der Waals surface area contributed by atoms with Crippen molar-refractivity contribution in [1.29, 1.82) is 0 Å². The number of hydrogen-bond acceptors (Lipinski definition) is 3. The minimum Gasteiger partial charge on any atom is -0.385 e. The van der Waals surface area contributed by atoms with Crippen molar-refractivity contribution in [2.75, 3.05) is 32.2 Å². The number of nitrogens with two attached hydrogens (primary N) is 1. The van der Waals surface area contributed by atoms with Gasteiger partial charge < -0.3 is 15.4 Å². The SMILES string of the molecule is COCCC(C)(CN)N(C)c1cccc(C)c1. The van der Waals surface area contributed by atoms with Gasteiger partial charge in [0, 0.05) is 33.0 Å². The molecule has 17 heavy (non-hydrogen) atoms. The Morgan fingerprint density at radius 3 is 2.65 bits per heavy atom. The van der Waals surface area contributed by atoms with Crippen molar-refractivity contribution in [3.63, 3.8) is 0 Å². The van der Waals surface area contributed by atoms with Crippen molar-refractivity contribution in [3.05, 3.63) is 29.8 Å². The van der Waals surface area contributed by atoms with Gasteiger partial charge in [0.1, 0.15) is 0 Å². The van der Waals surface area contributed by atoms with Crippen LogP contribution in [-0.2, 0) is 4.74 Å². The third-order valence-corrected chi connectivity index (χ3v) is 3.48. The van der Waals surface area contributed by atoms with E-state index in [1.165, 1.54) is 11.3 Å². The molecular weight excluding hydrogens is 212 g/mol. The van der Waals surface area contributed by atoms with Gasteiger partial charge in [0.15, 0.2) is 0 Å². The number of methoxy groups -OCH3 is 1. The van der Waals surface area contributed by atoms with Gasteiger partial charge >= 0.3 is 0 Å². The average molecular weight is 236 g/mol. The molecule has 0 radical (unpaired) electrons. The second-order valence-corrected chi connectivity index (χ2v) is 4.84. The van der Waals surface area contributed by atoms with Crippen molar-refractivity contribution in [2.45, 2.75) is 25.8 Å². The molecule has 3 heteroatoms. The van der Waals surface area contributed by atoms with Gasteiger partial charge in [-0.25, -0.2) is 0 Å². The molecule has 0 heterocycles. The summed E-state index contributed by atoms with van der Waals surface area (Å²) in [6, 6.07) is 8.48. The highest BCUT2D eigenvalue weighted by atomic mass is 16.5. The van der Waals surface area contributed by atoms with E-state index in [0.717, 1.165) is 13.0 Å². The molecule has 1 unspecified atom stereocenters. The van der Waals surface area contributed by atoms with Crippen molar-refractivity contribution in [2.24, 2.45) is 5.73 Å². The lowest BCUT2D eigenvalue weighted by atomic mass is 9.95. The van der Waals surface area contributed by atoms with Crippen molar-refractivity contribution < 1.29 is 4.74 Å². The van der Waals surface area contributed by atoms with Gasteiger partial charge in [-0.15, -0.1) is 0 Å². The van der Waals surface area contributed by atoms with Crippen LogP contribution in [0, 0.1) is 6.92 Å². The van der Waals surface area contributed by atoms with E-state index in [1.807, 2.05) is 0 Å². The second kappa shape index (κ2) is 6.03. The molecule has 0 saturated heterocycles. The van der Waals surface area contributed by atoms with E-state index in [-0.39, 0.29) is 5.54 Å². The summed E-state index contributed by atoms with van der Waals surface area (Å²) in [7, 11) is 3.82. The largest absolute Gasteiger partial charge is 0.385 e.